The van der Waals surface area contributed by atoms with Crippen molar-refractivity contribution >= 4 is 23.6 Å². The zero-order valence-corrected chi connectivity index (χ0v) is 25.4. The third-order valence-electron chi connectivity index (χ3n) is 7.62. The van der Waals surface area contributed by atoms with Gasteiger partial charge in [-0.3, -0.25) is 19.2 Å². The third-order valence-corrected chi connectivity index (χ3v) is 7.62. The summed E-state index contributed by atoms with van der Waals surface area (Å²) >= 11 is 0. The van der Waals surface area contributed by atoms with Crippen LogP contribution in [-0.2, 0) is 32.0 Å². The molecule has 4 atom stereocenters. The van der Waals surface area contributed by atoms with E-state index in [1.165, 1.54) is 12.1 Å². The first-order chi connectivity index (χ1) is 21.5. The van der Waals surface area contributed by atoms with E-state index in [1.54, 1.807) is 24.3 Å². The number of fused-ring (bicyclic) bond motifs is 5. The van der Waals surface area contributed by atoms with Gasteiger partial charge in [0.05, 0.1) is 6.04 Å². The average Bonchev–Trinajstić information content (AvgIpc) is 3.01. The van der Waals surface area contributed by atoms with E-state index in [0.717, 1.165) is 0 Å². The van der Waals surface area contributed by atoms with Crippen LogP contribution in [0.1, 0.15) is 50.7 Å². The lowest BCUT2D eigenvalue weighted by atomic mass is 9.95. The Bertz CT molecular complexity index is 1340. The van der Waals surface area contributed by atoms with Crippen molar-refractivity contribution in [2.45, 2.75) is 76.5 Å². The number of amides is 4. The molecule has 1 aliphatic rings. The standard InChI is InChI=1S/C31H46N8O6.CH4/c32-9-1-4-24-31(45)39-25(30(44)37-11-2-3-22(34)17-28(42)36-12-10-33)16-21-14-19(6-8-27(21)41)18-5-7-26(40)20(13-18)15-23(35)29(43)38-24;/h5-8,13-14,22-25,40-41H,1-4,9-12,15-17,32-35H2,(H,36,42)(H,37,44)(H,38,43)(H,39,45);1H4/t22-,23-,24-,25-;/m0./s1. The summed E-state index contributed by atoms with van der Waals surface area (Å²) in [6.07, 6.45) is 1.65. The van der Waals surface area contributed by atoms with Gasteiger partial charge in [-0.25, -0.2) is 0 Å². The summed E-state index contributed by atoms with van der Waals surface area (Å²) in [7, 11) is 0. The molecule has 2 aromatic carbocycles. The van der Waals surface area contributed by atoms with Crippen LogP contribution in [0, 0.1) is 0 Å². The van der Waals surface area contributed by atoms with Gasteiger partial charge in [0, 0.05) is 44.9 Å². The van der Waals surface area contributed by atoms with E-state index in [-0.39, 0.29) is 63.6 Å². The average molecular weight is 643 g/mol. The minimum absolute atomic E-state index is 0. The normalized spacial score (nSPS) is 18.9. The van der Waals surface area contributed by atoms with Gasteiger partial charge in [0.2, 0.25) is 23.6 Å². The zero-order chi connectivity index (χ0) is 32.9. The molecule has 254 valence electrons. The molecule has 14 N–H and O–H groups in total. The van der Waals surface area contributed by atoms with Crippen LogP contribution < -0.4 is 44.2 Å². The van der Waals surface area contributed by atoms with E-state index in [9.17, 15) is 29.4 Å². The van der Waals surface area contributed by atoms with Gasteiger partial charge in [-0.2, -0.15) is 0 Å². The van der Waals surface area contributed by atoms with E-state index in [1.807, 2.05) is 0 Å². The Hall–Kier alpha value is -4.24. The second-order valence-electron chi connectivity index (χ2n) is 11.3. The van der Waals surface area contributed by atoms with Gasteiger partial charge in [0.25, 0.3) is 0 Å². The molecular formula is C32H50N8O6. The minimum Gasteiger partial charge on any atom is -0.508 e. The van der Waals surface area contributed by atoms with Crippen LogP contribution in [0.25, 0.3) is 11.1 Å². The van der Waals surface area contributed by atoms with Gasteiger partial charge in [-0.15, -0.1) is 0 Å². The van der Waals surface area contributed by atoms with Crippen molar-refractivity contribution in [2.75, 3.05) is 26.2 Å². The number of hydrogen-bond donors (Lipinski definition) is 10. The molecule has 4 bridgehead atoms. The smallest absolute Gasteiger partial charge is 0.243 e. The highest BCUT2D eigenvalue weighted by Crippen LogP contribution is 2.31. The van der Waals surface area contributed by atoms with Crippen LogP contribution in [-0.4, -0.2) is 84.2 Å². The molecule has 0 fully saturated rings. The molecule has 3 rings (SSSR count). The third kappa shape index (κ3) is 11.3. The van der Waals surface area contributed by atoms with Gasteiger partial charge in [-0.1, -0.05) is 19.6 Å². The maximum Gasteiger partial charge on any atom is 0.243 e. The Morgan fingerprint density at radius 2 is 1.50 bits per heavy atom. The molecule has 0 saturated carbocycles. The second-order valence-corrected chi connectivity index (χ2v) is 11.3. The molecule has 0 aromatic heterocycles. The fourth-order valence-electron chi connectivity index (χ4n) is 5.08. The Balaban J connectivity index is 0.00000736. The molecule has 2 aromatic rings. The highest BCUT2D eigenvalue weighted by Gasteiger charge is 2.29. The van der Waals surface area contributed by atoms with Crippen LogP contribution in [0.3, 0.4) is 0 Å². The second kappa shape index (κ2) is 18.7. The number of benzene rings is 2. The molecule has 0 aliphatic carbocycles. The van der Waals surface area contributed by atoms with Crippen molar-refractivity contribution in [1.82, 2.24) is 21.3 Å². The summed E-state index contributed by atoms with van der Waals surface area (Å²) in [5, 5.41) is 32.1. The molecule has 0 unspecified atom stereocenters. The lowest BCUT2D eigenvalue weighted by Crippen LogP contribution is -2.56. The van der Waals surface area contributed by atoms with E-state index >= 15 is 0 Å². The quantitative estimate of drug-likeness (QED) is 0.129. The summed E-state index contributed by atoms with van der Waals surface area (Å²) in [5.74, 6) is -2.00. The molecule has 46 heavy (non-hydrogen) atoms. The van der Waals surface area contributed by atoms with Crippen LogP contribution in [0.15, 0.2) is 36.4 Å². The number of carbonyl (C=O) groups excluding carboxylic acids is 4. The summed E-state index contributed by atoms with van der Waals surface area (Å²) in [6, 6.07) is 6.19. The largest absolute Gasteiger partial charge is 0.508 e. The number of aromatic hydroxyl groups is 2. The van der Waals surface area contributed by atoms with Crippen molar-refractivity contribution < 1.29 is 29.4 Å². The number of carbonyl (C=O) groups is 4. The molecule has 0 radical (unpaired) electrons. The fourth-order valence-corrected chi connectivity index (χ4v) is 5.08. The van der Waals surface area contributed by atoms with Crippen molar-refractivity contribution in [3.63, 3.8) is 0 Å². The number of hydrogen-bond acceptors (Lipinski definition) is 10. The van der Waals surface area contributed by atoms with Crippen LogP contribution in [0.2, 0.25) is 0 Å². The number of rotatable bonds is 12. The first-order valence-corrected chi connectivity index (χ1v) is 15.2. The van der Waals surface area contributed by atoms with Crippen molar-refractivity contribution in [1.29, 1.82) is 0 Å². The first-order valence-electron chi connectivity index (χ1n) is 15.2. The van der Waals surface area contributed by atoms with Gasteiger partial charge in [0.15, 0.2) is 0 Å². The van der Waals surface area contributed by atoms with Crippen LogP contribution >= 0.6 is 0 Å². The number of phenolic OH excluding ortho intramolecular Hbond substituents is 2. The maximum absolute atomic E-state index is 13.5. The predicted octanol–water partition coefficient (Wildman–Crippen LogP) is -0.776. The van der Waals surface area contributed by atoms with Gasteiger partial charge >= 0.3 is 0 Å². The van der Waals surface area contributed by atoms with E-state index in [0.29, 0.717) is 54.6 Å². The SMILES string of the molecule is C.NCCC[C@@H]1NC(=O)[C@@H](N)Cc2cc(ccc2O)-c2ccc(O)c(c2)C[C@@H](C(=O)NCCC[C@H](N)CC(=O)NCCN)NC1=O. The van der Waals surface area contributed by atoms with Crippen LogP contribution in [0.4, 0.5) is 0 Å². The highest BCUT2D eigenvalue weighted by atomic mass is 16.3. The van der Waals surface area contributed by atoms with Crippen molar-refractivity contribution in [2.24, 2.45) is 22.9 Å². The lowest BCUT2D eigenvalue weighted by molar-refractivity contribution is -0.132. The molecular weight excluding hydrogens is 592 g/mol. The monoisotopic (exact) mass is 642 g/mol. The molecule has 14 nitrogen and oxygen atoms in total. The van der Waals surface area contributed by atoms with E-state index in [4.69, 9.17) is 22.9 Å². The first kappa shape index (κ1) is 37.9. The van der Waals surface area contributed by atoms with Gasteiger partial charge in [-0.05, 0) is 78.7 Å². The summed E-state index contributed by atoms with van der Waals surface area (Å²) in [5.41, 5.74) is 25.5. The van der Waals surface area contributed by atoms with Gasteiger partial charge in [0.1, 0.15) is 23.6 Å². The summed E-state index contributed by atoms with van der Waals surface area (Å²) < 4.78 is 0. The molecule has 0 spiro atoms. The maximum atomic E-state index is 13.5. The summed E-state index contributed by atoms with van der Waals surface area (Å²) in [4.78, 5) is 51.8. The molecule has 0 saturated heterocycles. The Morgan fingerprint density at radius 3 is 2.11 bits per heavy atom. The topological polar surface area (TPSA) is 261 Å². The van der Waals surface area contributed by atoms with E-state index < -0.39 is 41.9 Å². The zero-order valence-electron chi connectivity index (χ0n) is 25.4. The Morgan fingerprint density at radius 1 is 0.870 bits per heavy atom. The van der Waals surface area contributed by atoms with Gasteiger partial charge < -0.3 is 54.4 Å². The highest BCUT2D eigenvalue weighted by molar-refractivity contribution is 5.93. The molecule has 4 amide bonds. The molecule has 14 heteroatoms. The Kier molecular flexibility index (Phi) is 15.4. The minimum atomic E-state index is -1.11. The van der Waals surface area contributed by atoms with Crippen LogP contribution in [0.5, 0.6) is 11.5 Å². The van der Waals surface area contributed by atoms with E-state index in [2.05, 4.69) is 21.3 Å². The number of nitrogens with two attached hydrogens (primary N) is 4. The molecule has 1 heterocycles. The number of phenols is 2. The molecule has 1 aliphatic heterocycles. The predicted molar refractivity (Wildman–Crippen MR) is 176 cm³/mol. The van der Waals surface area contributed by atoms with Crippen molar-refractivity contribution in [3.05, 3.63) is 47.5 Å². The fraction of sp³-hybridized carbons (Fsp3) is 0.500. The lowest BCUT2D eigenvalue weighted by Gasteiger charge is -2.24. The van der Waals surface area contributed by atoms with Crippen molar-refractivity contribution in [3.8, 4) is 22.6 Å². The number of nitrogens with one attached hydrogen (secondary N) is 4. The summed E-state index contributed by atoms with van der Waals surface area (Å²) in [6.45, 7) is 1.20. The Labute approximate surface area is 270 Å².